The summed E-state index contributed by atoms with van der Waals surface area (Å²) in [6, 6.07) is 0.266. The van der Waals surface area contributed by atoms with E-state index in [9.17, 15) is 4.79 Å². The van der Waals surface area contributed by atoms with Crippen LogP contribution in [0.1, 0.15) is 42.9 Å². The molecule has 0 radical (unpaired) electrons. The number of nitrogens with one attached hydrogen (secondary N) is 1. The Labute approximate surface area is 101 Å². The Morgan fingerprint density at radius 1 is 1.53 bits per heavy atom. The van der Waals surface area contributed by atoms with Gasteiger partial charge in [0, 0.05) is 12.6 Å². The Morgan fingerprint density at radius 3 is 2.76 bits per heavy atom. The van der Waals surface area contributed by atoms with Crippen LogP contribution in [0.15, 0.2) is 0 Å². The second kappa shape index (κ2) is 4.39. The van der Waals surface area contributed by atoms with Crippen LogP contribution in [-0.4, -0.2) is 33.6 Å². The quantitative estimate of drug-likeness (QED) is 0.777. The maximum atomic E-state index is 12.3. The van der Waals surface area contributed by atoms with Gasteiger partial charge in [0.1, 0.15) is 0 Å². The number of piperidine rings is 1. The largest absolute Gasteiger partial charge is 0.395 e. The van der Waals surface area contributed by atoms with Gasteiger partial charge in [0.15, 0.2) is 5.69 Å². The number of aromatic amines is 1. The number of aryl methyl sites for hydroxylation is 1. The minimum Gasteiger partial charge on any atom is -0.395 e. The molecule has 2 rings (SSSR count). The molecule has 17 heavy (non-hydrogen) atoms. The molecule has 1 aliphatic heterocycles. The van der Waals surface area contributed by atoms with Crippen molar-refractivity contribution >= 4 is 11.6 Å². The van der Waals surface area contributed by atoms with Crippen molar-refractivity contribution in [2.24, 2.45) is 5.92 Å². The van der Waals surface area contributed by atoms with Gasteiger partial charge in [0.25, 0.3) is 5.91 Å². The summed E-state index contributed by atoms with van der Waals surface area (Å²) < 4.78 is 0. The van der Waals surface area contributed by atoms with Gasteiger partial charge in [-0.25, -0.2) is 0 Å². The summed E-state index contributed by atoms with van der Waals surface area (Å²) in [5.41, 5.74) is 7.44. The molecule has 1 saturated heterocycles. The molecule has 94 valence electrons. The van der Waals surface area contributed by atoms with Crippen molar-refractivity contribution in [2.45, 2.75) is 39.7 Å². The summed E-state index contributed by atoms with van der Waals surface area (Å²) in [6.07, 6.45) is 2.11. The zero-order valence-corrected chi connectivity index (χ0v) is 10.7. The first-order chi connectivity index (χ1) is 8.00. The fourth-order valence-corrected chi connectivity index (χ4v) is 2.45. The maximum Gasteiger partial charge on any atom is 0.276 e. The lowest BCUT2D eigenvalue weighted by Crippen LogP contribution is -2.44. The van der Waals surface area contributed by atoms with Gasteiger partial charge in [0.2, 0.25) is 0 Å². The molecule has 2 heterocycles. The number of H-pyrrole nitrogens is 1. The van der Waals surface area contributed by atoms with Gasteiger partial charge >= 0.3 is 0 Å². The molecule has 2 unspecified atom stereocenters. The first-order valence-electron chi connectivity index (χ1n) is 6.12. The lowest BCUT2D eigenvalue weighted by Gasteiger charge is -2.36. The number of aromatic nitrogens is 2. The minimum absolute atomic E-state index is 0.0498. The normalized spacial score (nSPS) is 25.0. The van der Waals surface area contributed by atoms with E-state index in [0.717, 1.165) is 25.1 Å². The summed E-state index contributed by atoms with van der Waals surface area (Å²) in [6.45, 7) is 6.93. The lowest BCUT2D eigenvalue weighted by molar-refractivity contribution is 0.0583. The number of carbonyl (C=O) groups is 1. The molecule has 1 aliphatic rings. The molecular formula is C12H20N4O. The number of amides is 1. The van der Waals surface area contributed by atoms with E-state index in [0.29, 0.717) is 17.3 Å². The highest BCUT2D eigenvalue weighted by molar-refractivity contribution is 5.97. The Balaban J connectivity index is 2.18. The fourth-order valence-electron chi connectivity index (χ4n) is 2.45. The van der Waals surface area contributed by atoms with Crippen LogP contribution in [-0.2, 0) is 0 Å². The van der Waals surface area contributed by atoms with Gasteiger partial charge in [-0.3, -0.25) is 9.89 Å². The SMILES string of the molecule is Cc1[nH]nc(C(=O)N2CCC(C)CC2C)c1N. The molecule has 1 amide bonds. The highest BCUT2D eigenvalue weighted by atomic mass is 16.2. The molecule has 5 nitrogen and oxygen atoms in total. The number of hydrogen-bond donors (Lipinski definition) is 2. The number of anilines is 1. The van der Waals surface area contributed by atoms with Crippen molar-refractivity contribution in [1.29, 1.82) is 0 Å². The van der Waals surface area contributed by atoms with Gasteiger partial charge < -0.3 is 10.6 Å². The van der Waals surface area contributed by atoms with Gasteiger partial charge in [-0.2, -0.15) is 5.10 Å². The van der Waals surface area contributed by atoms with E-state index in [1.54, 1.807) is 0 Å². The number of nitrogens with two attached hydrogens (primary N) is 1. The highest BCUT2D eigenvalue weighted by Gasteiger charge is 2.29. The van der Waals surface area contributed by atoms with Crippen LogP contribution in [0.25, 0.3) is 0 Å². The van der Waals surface area contributed by atoms with Crippen LogP contribution in [0.3, 0.4) is 0 Å². The zero-order valence-electron chi connectivity index (χ0n) is 10.7. The van der Waals surface area contributed by atoms with Crippen LogP contribution >= 0.6 is 0 Å². The standard InChI is InChI=1S/C12H20N4O/c1-7-4-5-16(8(2)6-7)12(17)11-10(13)9(3)14-15-11/h7-8H,4-6,13H2,1-3H3,(H,14,15). The third kappa shape index (κ3) is 2.14. The van der Waals surface area contributed by atoms with E-state index in [1.807, 2.05) is 11.8 Å². The third-order valence-electron chi connectivity index (χ3n) is 3.60. The molecule has 0 saturated carbocycles. The number of carbonyl (C=O) groups excluding carboxylic acids is 1. The van der Waals surface area contributed by atoms with E-state index in [2.05, 4.69) is 24.0 Å². The summed E-state index contributed by atoms with van der Waals surface area (Å²) >= 11 is 0. The fraction of sp³-hybridized carbons (Fsp3) is 0.667. The van der Waals surface area contributed by atoms with E-state index in [4.69, 9.17) is 5.73 Å². The Kier molecular flexibility index (Phi) is 3.09. The number of rotatable bonds is 1. The summed E-state index contributed by atoms with van der Waals surface area (Å²) in [5.74, 6) is 0.638. The summed E-state index contributed by atoms with van der Waals surface area (Å²) in [5, 5.41) is 6.76. The first-order valence-corrected chi connectivity index (χ1v) is 6.12. The molecule has 2 atom stereocenters. The van der Waals surface area contributed by atoms with E-state index < -0.39 is 0 Å². The average Bonchev–Trinajstić information content (AvgIpc) is 2.59. The Hall–Kier alpha value is -1.52. The van der Waals surface area contributed by atoms with Crippen molar-refractivity contribution in [3.63, 3.8) is 0 Å². The van der Waals surface area contributed by atoms with Crippen LogP contribution in [0.2, 0.25) is 0 Å². The molecule has 0 aromatic carbocycles. The molecule has 1 aromatic rings. The van der Waals surface area contributed by atoms with Crippen molar-refractivity contribution in [2.75, 3.05) is 12.3 Å². The van der Waals surface area contributed by atoms with Crippen LogP contribution in [0, 0.1) is 12.8 Å². The van der Waals surface area contributed by atoms with E-state index in [1.165, 1.54) is 0 Å². The number of nitrogen functional groups attached to an aromatic ring is 1. The van der Waals surface area contributed by atoms with Crippen LogP contribution < -0.4 is 5.73 Å². The lowest BCUT2D eigenvalue weighted by atomic mass is 9.93. The zero-order chi connectivity index (χ0) is 12.6. The minimum atomic E-state index is -0.0498. The topological polar surface area (TPSA) is 75.0 Å². The molecule has 1 fully saturated rings. The van der Waals surface area contributed by atoms with E-state index >= 15 is 0 Å². The van der Waals surface area contributed by atoms with Gasteiger partial charge in [0.05, 0.1) is 11.4 Å². The van der Waals surface area contributed by atoms with Crippen LogP contribution in [0.5, 0.6) is 0 Å². The second-order valence-electron chi connectivity index (χ2n) is 5.09. The van der Waals surface area contributed by atoms with Gasteiger partial charge in [-0.05, 0) is 32.6 Å². The monoisotopic (exact) mass is 236 g/mol. The Morgan fingerprint density at radius 2 is 2.24 bits per heavy atom. The molecular weight excluding hydrogens is 216 g/mol. The van der Waals surface area contributed by atoms with Crippen LogP contribution in [0.4, 0.5) is 5.69 Å². The maximum absolute atomic E-state index is 12.3. The van der Waals surface area contributed by atoms with E-state index in [-0.39, 0.29) is 11.9 Å². The highest BCUT2D eigenvalue weighted by Crippen LogP contribution is 2.25. The molecule has 0 spiro atoms. The smallest absolute Gasteiger partial charge is 0.276 e. The predicted molar refractivity (Wildman–Crippen MR) is 66.6 cm³/mol. The number of nitrogens with zero attached hydrogens (tertiary/aromatic N) is 2. The van der Waals surface area contributed by atoms with Gasteiger partial charge in [-0.15, -0.1) is 0 Å². The van der Waals surface area contributed by atoms with Crippen molar-refractivity contribution in [3.8, 4) is 0 Å². The summed E-state index contributed by atoms with van der Waals surface area (Å²) in [7, 11) is 0. The molecule has 1 aromatic heterocycles. The first kappa shape index (κ1) is 12.0. The number of likely N-dealkylation sites (tertiary alicyclic amines) is 1. The Bertz CT molecular complexity index is 426. The summed E-state index contributed by atoms with van der Waals surface area (Å²) in [4.78, 5) is 14.2. The average molecular weight is 236 g/mol. The van der Waals surface area contributed by atoms with Crippen molar-refractivity contribution < 1.29 is 4.79 Å². The second-order valence-corrected chi connectivity index (χ2v) is 5.09. The molecule has 0 bridgehead atoms. The van der Waals surface area contributed by atoms with Gasteiger partial charge in [-0.1, -0.05) is 6.92 Å². The van der Waals surface area contributed by atoms with Crippen molar-refractivity contribution in [3.05, 3.63) is 11.4 Å². The molecule has 5 heteroatoms. The van der Waals surface area contributed by atoms with Crippen molar-refractivity contribution in [1.82, 2.24) is 15.1 Å². The molecule has 0 aliphatic carbocycles. The molecule has 3 N–H and O–H groups in total. The number of hydrogen-bond acceptors (Lipinski definition) is 3. The predicted octanol–water partition coefficient (Wildman–Crippen LogP) is 1.56. The third-order valence-corrected chi connectivity index (χ3v) is 3.60.